The lowest BCUT2D eigenvalue weighted by atomic mass is 9.82. The van der Waals surface area contributed by atoms with E-state index in [0.29, 0.717) is 18.9 Å². The number of rotatable bonds is 14. The topological polar surface area (TPSA) is 116 Å². The lowest BCUT2D eigenvalue weighted by Gasteiger charge is -2.32. The number of nitrogens with one attached hydrogen (secondary N) is 2. The first-order valence-corrected chi connectivity index (χ1v) is 12.9. The molecule has 7 heteroatoms. The Bertz CT molecular complexity index is 575. The molecular weight excluding hydrogens is 408 g/mol. The molecule has 0 heterocycles. The number of aliphatic carboxylic acids is 1. The van der Waals surface area contributed by atoms with E-state index in [-0.39, 0.29) is 30.2 Å². The van der Waals surface area contributed by atoms with Crippen molar-refractivity contribution in [2.75, 3.05) is 6.54 Å². The Kier molecular flexibility index (Phi) is 12.7. The normalized spacial score (nSPS) is 25.8. The minimum Gasteiger partial charge on any atom is -0.481 e. The summed E-state index contributed by atoms with van der Waals surface area (Å²) in [6, 6.07) is 0.236. The molecule has 0 aliphatic heterocycles. The number of aliphatic hydroxyl groups excluding tert-OH is 1. The molecule has 0 spiro atoms. The quantitative estimate of drug-likeness (QED) is 0.298. The zero-order valence-electron chi connectivity index (χ0n) is 19.7. The average Bonchev–Trinajstić information content (AvgIpc) is 2.77. The number of carbonyl (C=O) groups excluding carboxylic acids is 2. The van der Waals surface area contributed by atoms with Gasteiger partial charge in [0.1, 0.15) is 0 Å². The molecule has 7 nitrogen and oxygen atoms in total. The maximum absolute atomic E-state index is 12.5. The Morgan fingerprint density at radius 3 is 2.19 bits per heavy atom. The van der Waals surface area contributed by atoms with Gasteiger partial charge in [0.25, 0.3) is 0 Å². The number of amides is 2. The van der Waals surface area contributed by atoms with Crippen LogP contribution >= 0.6 is 0 Å². The molecule has 2 rings (SSSR count). The summed E-state index contributed by atoms with van der Waals surface area (Å²) in [5.74, 6) is -0.146. The summed E-state index contributed by atoms with van der Waals surface area (Å²) in [4.78, 5) is 34.9. The molecule has 2 atom stereocenters. The molecule has 2 unspecified atom stereocenters. The third-order valence-electron chi connectivity index (χ3n) is 7.17. The van der Waals surface area contributed by atoms with E-state index in [9.17, 15) is 19.5 Å². The largest absolute Gasteiger partial charge is 0.481 e. The van der Waals surface area contributed by atoms with E-state index in [2.05, 4.69) is 10.6 Å². The molecule has 32 heavy (non-hydrogen) atoms. The van der Waals surface area contributed by atoms with Crippen molar-refractivity contribution < 1.29 is 24.6 Å². The van der Waals surface area contributed by atoms with Gasteiger partial charge in [-0.15, -0.1) is 0 Å². The van der Waals surface area contributed by atoms with Crippen LogP contribution in [0.2, 0.25) is 0 Å². The summed E-state index contributed by atoms with van der Waals surface area (Å²) >= 11 is 0. The van der Waals surface area contributed by atoms with Crippen LogP contribution in [0.15, 0.2) is 0 Å². The van der Waals surface area contributed by atoms with E-state index in [1.807, 2.05) is 0 Å². The number of carboxylic acids is 1. The van der Waals surface area contributed by atoms with Gasteiger partial charge in [0.05, 0.1) is 12.0 Å². The summed E-state index contributed by atoms with van der Waals surface area (Å²) in [6.07, 6.45) is 14.8. The summed E-state index contributed by atoms with van der Waals surface area (Å²) in [7, 11) is 0. The van der Waals surface area contributed by atoms with Gasteiger partial charge in [-0.3, -0.25) is 14.4 Å². The van der Waals surface area contributed by atoms with E-state index in [1.165, 1.54) is 0 Å². The number of hydrogen-bond donors (Lipinski definition) is 4. The average molecular weight is 453 g/mol. The fourth-order valence-electron chi connectivity index (χ4n) is 5.12. The van der Waals surface area contributed by atoms with E-state index >= 15 is 0 Å². The van der Waals surface area contributed by atoms with Crippen LogP contribution in [0.1, 0.15) is 109 Å². The van der Waals surface area contributed by atoms with Gasteiger partial charge in [-0.1, -0.05) is 32.1 Å². The van der Waals surface area contributed by atoms with E-state index < -0.39 is 12.1 Å². The van der Waals surface area contributed by atoms with Crippen molar-refractivity contribution in [3.8, 4) is 0 Å². The lowest BCUT2D eigenvalue weighted by molar-refractivity contribution is -0.137. The fraction of sp³-hybridized carbons (Fsp3) is 0.880. The first kappa shape index (κ1) is 26.6. The molecule has 0 bridgehead atoms. The van der Waals surface area contributed by atoms with Crippen LogP contribution < -0.4 is 10.6 Å². The highest BCUT2D eigenvalue weighted by Crippen LogP contribution is 2.29. The van der Waals surface area contributed by atoms with Crippen LogP contribution in [0, 0.1) is 11.8 Å². The molecule has 2 saturated carbocycles. The number of carboxylic acid groups (broad SMARTS) is 1. The van der Waals surface area contributed by atoms with Gasteiger partial charge < -0.3 is 20.8 Å². The Labute approximate surface area is 193 Å². The molecular formula is C25H44N2O5. The van der Waals surface area contributed by atoms with Crippen LogP contribution in [0.3, 0.4) is 0 Å². The van der Waals surface area contributed by atoms with E-state index in [1.54, 1.807) is 0 Å². The molecule has 0 aromatic heterocycles. The van der Waals surface area contributed by atoms with Crippen LogP contribution in [0.4, 0.5) is 0 Å². The molecule has 4 N–H and O–H groups in total. The Hall–Kier alpha value is -1.63. The summed E-state index contributed by atoms with van der Waals surface area (Å²) in [6.45, 7) is 0.707. The first-order chi connectivity index (χ1) is 15.5. The third kappa shape index (κ3) is 10.8. The van der Waals surface area contributed by atoms with Crippen molar-refractivity contribution in [2.45, 2.75) is 121 Å². The van der Waals surface area contributed by atoms with Crippen LogP contribution in [-0.2, 0) is 14.4 Å². The van der Waals surface area contributed by atoms with Crippen LogP contribution in [0.25, 0.3) is 0 Å². The monoisotopic (exact) mass is 452 g/mol. The highest BCUT2D eigenvalue weighted by molar-refractivity contribution is 5.79. The fourth-order valence-corrected chi connectivity index (χ4v) is 5.12. The Balaban J connectivity index is 1.45. The molecule has 2 aliphatic carbocycles. The van der Waals surface area contributed by atoms with Gasteiger partial charge >= 0.3 is 5.97 Å². The zero-order valence-corrected chi connectivity index (χ0v) is 19.7. The van der Waals surface area contributed by atoms with Crippen molar-refractivity contribution in [1.82, 2.24) is 10.6 Å². The van der Waals surface area contributed by atoms with Crippen molar-refractivity contribution in [3.05, 3.63) is 0 Å². The van der Waals surface area contributed by atoms with Crippen molar-refractivity contribution in [1.29, 1.82) is 0 Å². The van der Waals surface area contributed by atoms with Crippen LogP contribution in [0.5, 0.6) is 0 Å². The molecule has 0 aromatic carbocycles. The van der Waals surface area contributed by atoms with Gasteiger partial charge in [-0.05, 0) is 70.1 Å². The van der Waals surface area contributed by atoms with Gasteiger partial charge in [-0.2, -0.15) is 0 Å². The number of unbranched alkanes of at least 4 members (excludes halogenated alkanes) is 4. The minimum absolute atomic E-state index is 0.0394. The smallest absolute Gasteiger partial charge is 0.303 e. The number of carbonyl (C=O) groups is 3. The van der Waals surface area contributed by atoms with Crippen molar-refractivity contribution >= 4 is 17.8 Å². The molecule has 0 radical (unpaired) electrons. The second-order valence-corrected chi connectivity index (χ2v) is 9.84. The summed E-state index contributed by atoms with van der Waals surface area (Å²) in [5.41, 5.74) is 0. The first-order valence-electron chi connectivity index (χ1n) is 12.9. The van der Waals surface area contributed by atoms with E-state index in [4.69, 9.17) is 5.11 Å². The number of hydrogen-bond acceptors (Lipinski definition) is 4. The molecule has 2 aliphatic rings. The van der Waals surface area contributed by atoms with Gasteiger partial charge in [-0.25, -0.2) is 0 Å². The van der Waals surface area contributed by atoms with Crippen molar-refractivity contribution in [2.24, 2.45) is 11.8 Å². The van der Waals surface area contributed by atoms with Crippen LogP contribution in [-0.4, -0.2) is 46.7 Å². The molecule has 2 fully saturated rings. The van der Waals surface area contributed by atoms with Gasteiger partial charge in [0, 0.05) is 25.4 Å². The predicted octanol–water partition coefficient (Wildman–Crippen LogP) is 3.92. The lowest BCUT2D eigenvalue weighted by Crippen LogP contribution is -2.45. The second kappa shape index (κ2) is 15.3. The van der Waals surface area contributed by atoms with Gasteiger partial charge in [0.2, 0.25) is 11.8 Å². The SMILES string of the molecule is O=C(O)CCCCCCCNC(=O)CCCC1CCC(NC(=O)C2CCCCC2O)CC1. The highest BCUT2D eigenvalue weighted by atomic mass is 16.4. The van der Waals surface area contributed by atoms with Gasteiger partial charge in [0.15, 0.2) is 0 Å². The van der Waals surface area contributed by atoms with Crippen molar-refractivity contribution in [3.63, 3.8) is 0 Å². The maximum atomic E-state index is 12.5. The predicted molar refractivity (Wildman–Crippen MR) is 124 cm³/mol. The molecule has 0 aromatic rings. The number of aliphatic hydroxyl groups is 1. The summed E-state index contributed by atoms with van der Waals surface area (Å²) < 4.78 is 0. The zero-order chi connectivity index (χ0) is 23.2. The summed E-state index contributed by atoms with van der Waals surface area (Å²) in [5, 5.41) is 24.8. The second-order valence-electron chi connectivity index (χ2n) is 9.84. The molecule has 184 valence electrons. The Morgan fingerprint density at radius 2 is 1.47 bits per heavy atom. The third-order valence-corrected chi connectivity index (χ3v) is 7.17. The molecule has 0 saturated heterocycles. The Morgan fingerprint density at radius 1 is 0.781 bits per heavy atom. The molecule has 2 amide bonds. The highest BCUT2D eigenvalue weighted by Gasteiger charge is 2.31. The van der Waals surface area contributed by atoms with E-state index in [0.717, 1.165) is 96.3 Å². The minimum atomic E-state index is -0.729. The maximum Gasteiger partial charge on any atom is 0.303 e. The standard InChI is InChI=1S/C25H44N2O5/c28-22-11-6-5-10-21(22)25(32)27-20-16-14-19(15-17-20)9-8-12-23(29)26-18-7-3-1-2-4-13-24(30)31/h19-22,28H,1-18H2,(H,26,29)(H,27,32)(H,30,31).